The van der Waals surface area contributed by atoms with Crippen molar-refractivity contribution in [2.24, 2.45) is 0 Å². The summed E-state index contributed by atoms with van der Waals surface area (Å²) in [5, 5.41) is 11.3. The Labute approximate surface area is 86.8 Å². The number of aliphatic hydroxyl groups is 1. The van der Waals surface area contributed by atoms with E-state index in [1.807, 2.05) is 6.92 Å². The van der Waals surface area contributed by atoms with Crippen molar-refractivity contribution < 1.29 is 14.7 Å². The van der Waals surface area contributed by atoms with Crippen LogP contribution in [-0.4, -0.2) is 52.6 Å². The van der Waals surface area contributed by atoms with Crippen molar-refractivity contribution in [3.8, 4) is 0 Å². The number of nitrogens with zero attached hydrogens (tertiary/aromatic N) is 1. The molecule has 1 rings (SSSR count). The molecular weight excluding hydrogens is 204 g/mol. The van der Waals surface area contributed by atoms with E-state index in [9.17, 15) is 9.59 Å². The van der Waals surface area contributed by atoms with Gasteiger partial charge in [-0.3, -0.25) is 9.69 Å². The van der Waals surface area contributed by atoms with E-state index >= 15 is 0 Å². The SMILES string of the molecule is CC(CO)SCCN1C(=O)CNC1=O. The number of carbonyl (C=O) groups excluding carboxylic acids is 2. The topological polar surface area (TPSA) is 69.6 Å². The van der Waals surface area contributed by atoms with Crippen molar-refractivity contribution in [3.63, 3.8) is 0 Å². The quantitative estimate of drug-likeness (QED) is 0.619. The first kappa shape index (κ1) is 11.3. The van der Waals surface area contributed by atoms with Gasteiger partial charge in [0.1, 0.15) is 0 Å². The molecule has 1 aliphatic rings. The lowest BCUT2D eigenvalue weighted by molar-refractivity contribution is -0.124. The lowest BCUT2D eigenvalue weighted by Crippen LogP contribution is -2.33. The van der Waals surface area contributed by atoms with E-state index in [4.69, 9.17) is 5.11 Å². The minimum absolute atomic E-state index is 0.110. The summed E-state index contributed by atoms with van der Waals surface area (Å²) in [7, 11) is 0. The molecule has 1 aliphatic heterocycles. The maximum atomic E-state index is 11.1. The van der Waals surface area contributed by atoms with Gasteiger partial charge in [-0.05, 0) is 0 Å². The van der Waals surface area contributed by atoms with E-state index in [1.54, 1.807) is 11.8 Å². The monoisotopic (exact) mass is 218 g/mol. The molecule has 14 heavy (non-hydrogen) atoms. The second-order valence-electron chi connectivity index (χ2n) is 3.07. The van der Waals surface area contributed by atoms with Gasteiger partial charge in [0, 0.05) is 17.5 Å². The normalized spacial score (nSPS) is 18.6. The molecule has 0 aliphatic carbocycles. The summed E-state index contributed by atoms with van der Waals surface area (Å²) in [6.07, 6.45) is 0. The van der Waals surface area contributed by atoms with E-state index in [-0.39, 0.29) is 30.3 Å². The van der Waals surface area contributed by atoms with Crippen LogP contribution in [-0.2, 0) is 4.79 Å². The fourth-order valence-electron chi connectivity index (χ4n) is 1.08. The van der Waals surface area contributed by atoms with Crippen molar-refractivity contribution >= 4 is 23.7 Å². The Balaban J connectivity index is 2.24. The van der Waals surface area contributed by atoms with Crippen molar-refractivity contribution in [2.75, 3.05) is 25.4 Å². The molecule has 0 aromatic rings. The molecule has 1 fully saturated rings. The summed E-state index contributed by atoms with van der Waals surface area (Å²) < 4.78 is 0. The fourth-order valence-corrected chi connectivity index (χ4v) is 1.88. The summed E-state index contributed by atoms with van der Waals surface area (Å²) in [6.45, 7) is 2.54. The zero-order valence-corrected chi connectivity index (χ0v) is 8.84. The van der Waals surface area contributed by atoms with E-state index < -0.39 is 0 Å². The van der Waals surface area contributed by atoms with Crippen LogP contribution in [0.4, 0.5) is 4.79 Å². The van der Waals surface area contributed by atoms with Crippen LogP contribution in [0, 0.1) is 0 Å². The second-order valence-corrected chi connectivity index (χ2v) is 4.61. The Morgan fingerprint density at radius 2 is 2.36 bits per heavy atom. The summed E-state index contributed by atoms with van der Waals surface area (Å²) in [6, 6.07) is -0.313. The lowest BCUT2D eigenvalue weighted by atomic mass is 10.5. The highest BCUT2D eigenvalue weighted by atomic mass is 32.2. The molecule has 2 N–H and O–H groups in total. The van der Waals surface area contributed by atoms with Gasteiger partial charge in [0.05, 0.1) is 13.2 Å². The molecule has 6 heteroatoms. The summed E-state index contributed by atoms with van der Waals surface area (Å²) in [5.41, 5.74) is 0. The standard InChI is InChI=1S/C8H14N2O3S/c1-6(5-11)14-3-2-10-7(12)4-9-8(10)13/h6,11H,2-5H2,1H3,(H,9,13). The molecule has 1 atom stereocenters. The van der Waals surface area contributed by atoms with Crippen LogP contribution in [0.15, 0.2) is 0 Å². The molecular formula is C8H14N2O3S. The molecule has 1 saturated heterocycles. The number of imide groups is 1. The first-order valence-corrected chi connectivity index (χ1v) is 5.50. The largest absolute Gasteiger partial charge is 0.395 e. The molecule has 0 radical (unpaired) electrons. The third kappa shape index (κ3) is 2.88. The second kappa shape index (κ2) is 5.21. The van der Waals surface area contributed by atoms with Gasteiger partial charge in [0.2, 0.25) is 5.91 Å². The van der Waals surface area contributed by atoms with Gasteiger partial charge in [0.25, 0.3) is 0 Å². The van der Waals surface area contributed by atoms with Crippen LogP contribution in [0.5, 0.6) is 0 Å². The number of hydrogen-bond donors (Lipinski definition) is 2. The highest BCUT2D eigenvalue weighted by Gasteiger charge is 2.27. The molecule has 1 unspecified atom stereocenters. The Bertz CT molecular complexity index is 219. The van der Waals surface area contributed by atoms with Gasteiger partial charge in [-0.15, -0.1) is 0 Å². The molecule has 80 valence electrons. The van der Waals surface area contributed by atoms with Crippen LogP contribution in [0.3, 0.4) is 0 Å². The van der Waals surface area contributed by atoms with Crippen LogP contribution in [0.2, 0.25) is 0 Å². The molecule has 0 aromatic heterocycles. The van der Waals surface area contributed by atoms with Gasteiger partial charge in [-0.1, -0.05) is 6.92 Å². The van der Waals surface area contributed by atoms with Crippen LogP contribution >= 0.6 is 11.8 Å². The number of urea groups is 1. The maximum absolute atomic E-state index is 11.1. The van der Waals surface area contributed by atoms with E-state index in [0.717, 1.165) is 0 Å². The van der Waals surface area contributed by atoms with Gasteiger partial charge in [-0.25, -0.2) is 4.79 Å². The highest BCUT2D eigenvalue weighted by Crippen LogP contribution is 2.10. The van der Waals surface area contributed by atoms with Crippen molar-refractivity contribution in [2.45, 2.75) is 12.2 Å². The molecule has 0 aromatic carbocycles. The third-order valence-corrected chi connectivity index (χ3v) is 3.05. The number of carbonyl (C=O) groups is 2. The molecule has 0 spiro atoms. The maximum Gasteiger partial charge on any atom is 0.324 e. The van der Waals surface area contributed by atoms with Crippen molar-refractivity contribution in [1.29, 1.82) is 0 Å². The van der Waals surface area contributed by atoms with E-state index in [0.29, 0.717) is 12.3 Å². The zero-order valence-electron chi connectivity index (χ0n) is 8.02. The Kier molecular flexibility index (Phi) is 4.21. The van der Waals surface area contributed by atoms with E-state index in [2.05, 4.69) is 5.32 Å². The van der Waals surface area contributed by atoms with Gasteiger partial charge >= 0.3 is 6.03 Å². The first-order chi connectivity index (χ1) is 6.65. The number of nitrogens with one attached hydrogen (secondary N) is 1. The number of amides is 3. The van der Waals surface area contributed by atoms with Crippen molar-refractivity contribution in [1.82, 2.24) is 10.2 Å². The first-order valence-electron chi connectivity index (χ1n) is 4.46. The van der Waals surface area contributed by atoms with Crippen LogP contribution in [0.25, 0.3) is 0 Å². The Morgan fingerprint density at radius 3 is 2.86 bits per heavy atom. The van der Waals surface area contributed by atoms with E-state index in [1.165, 1.54) is 4.90 Å². The molecule has 0 saturated carbocycles. The Hall–Kier alpha value is -0.750. The number of hydrogen-bond acceptors (Lipinski definition) is 4. The summed E-state index contributed by atoms with van der Waals surface area (Å²) in [4.78, 5) is 23.4. The van der Waals surface area contributed by atoms with Crippen LogP contribution in [0.1, 0.15) is 6.92 Å². The summed E-state index contributed by atoms with van der Waals surface area (Å²) >= 11 is 1.54. The number of thioether (sulfide) groups is 1. The average molecular weight is 218 g/mol. The predicted octanol–water partition coefficient (Wildman–Crippen LogP) is -0.348. The van der Waals surface area contributed by atoms with Gasteiger partial charge < -0.3 is 10.4 Å². The molecule has 3 amide bonds. The molecule has 0 bridgehead atoms. The Morgan fingerprint density at radius 1 is 1.64 bits per heavy atom. The average Bonchev–Trinajstić information content (AvgIpc) is 2.48. The van der Waals surface area contributed by atoms with Crippen molar-refractivity contribution in [3.05, 3.63) is 0 Å². The van der Waals surface area contributed by atoms with Crippen LogP contribution < -0.4 is 5.32 Å². The number of rotatable bonds is 5. The third-order valence-electron chi connectivity index (χ3n) is 1.91. The number of aliphatic hydroxyl groups excluding tert-OH is 1. The van der Waals surface area contributed by atoms with Gasteiger partial charge in [0.15, 0.2) is 0 Å². The zero-order chi connectivity index (χ0) is 10.6. The lowest BCUT2D eigenvalue weighted by Gasteiger charge is -2.13. The minimum atomic E-state index is -0.313. The smallest absolute Gasteiger partial charge is 0.324 e. The minimum Gasteiger partial charge on any atom is -0.395 e. The molecule has 1 heterocycles. The summed E-state index contributed by atoms with van der Waals surface area (Å²) in [5.74, 6) is 0.494. The fraction of sp³-hybridized carbons (Fsp3) is 0.750. The molecule has 5 nitrogen and oxygen atoms in total. The highest BCUT2D eigenvalue weighted by molar-refractivity contribution is 7.99. The van der Waals surface area contributed by atoms with Gasteiger partial charge in [-0.2, -0.15) is 11.8 Å². The predicted molar refractivity (Wildman–Crippen MR) is 54.1 cm³/mol.